The minimum absolute atomic E-state index is 0.191. The lowest BCUT2D eigenvalue weighted by molar-refractivity contribution is -0.131. The van der Waals surface area contributed by atoms with Gasteiger partial charge in [0, 0.05) is 5.02 Å². The van der Waals surface area contributed by atoms with Crippen molar-refractivity contribution in [2.75, 3.05) is 13.2 Å². The van der Waals surface area contributed by atoms with Crippen molar-refractivity contribution in [2.24, 2.45) is 0 Å². The number of rotatable bonds is 14. The molecule has 7 heteroatoms. The van der Waals surface area contributed by atoms with Gasteiger partial charge in [0.1, 0.15) is 12.4 Å². The van der Waals surface area contributed by atoms with Crippen molar-refractivity contribution < 1.29 is 23.7 Å². The van der Waals surface area contributed by atoms with Crippen molar-refractivity contribution >= 4 is 11.6 Å². The number of hydrogen-bond acceptors (Lipinski definition) is 6. The first kappa shape index (κ1) is 31.2. The number of allylic oxidation sites excluding steroid dienone is 4. The molecule has 1 fully saturated rings. The van der Waals surface area contributed by atoms with Gasteiger partial charge in [-0.1, -0.05) is 60.2 Å². The molecule has 2 aromatic rings. The molecular weight excluding hydrogens is 526 g/mol. The molecule has 0 aliphatic carbocycles. The monoisotopic (exact) mass is 567 g/mol. The summed E-state index contributed by atoms with van der Waals surface area (Å²) in [7, 11) is 0. The largest absolute Gasteiger partial charge is 0.500 e. The van der Waals surface area contributed by atoms with Gasteiger partial charge in [0.05, 0.1) is 43.7 Å². The molecule has 2 aromatic carbocycles. The molecule has 0 spiro atoms. The molecule has 6 nitrogen and oxygen atoms in total. The van der Waals surface area contributed by atoms with Crippen LogP contribution in [0.2, 0.25) is 5.02 Å². The van der Waals surface area contributed by atoms with Crippen LogP contribution in [0.3, 0.4) is 0 Å². The Morgan fingerprint density at radius 1 is 0.775 bits per heavy atom. The summed E-state index contributed by atoms with van der Waals surface area (Å²) < 4.78 is 30.2. The zero-order valence-corrected chi connectivity index (χ0v) is 24.8. The molecule has 5 atom stereocenters. The van der Waals surface area contributed by atoms with E-state index in [0.29, 0.717) is 24.7 Å². The first-order chi connectivity index (χ1) is 19.6. The summed E-state index contributed by atoms with van der Waals surface area (Å²) in [5, 5.41) is 4.46. The Kier molecular flexibility index (Phi) is 13.0. The van der Waals surface area contributed by atoms with Gasteiger partial charge in [-0.15, -0.1) is 0 Å². The van der Waals surface area contributed by atoms with E-state index in [-0.39, 0.29) is 18.2 Å². The molecular formula is C33H42ClNO5. The number of ether oxygens (including phenoxy) is 5. The van der Waals surface area contributed by atoms with E-state index in [1.807, 2.05) is 83.2 Å². The van der Waals surface area contributed by atoms with Crippen molar-refractivity contribution in [3.63, 3.8) is 0 Å². The van der Waals surface area contributed by atoms with Crippen molar-refractivity contribution in [2.45, 2.75) is 71.4 Å². The van der Waals surface area contributed by atoms with E-state index in [1.54, 1.807) is 25.0 Å². The van der Waals surface area contributed by atoms with Crippen molar-refractivity contribution in [3.05, 3.63) is 114 Å². The molecule has 0 amide bonds. The van der Waals surface area contributed by atoms with E-state index in [9.17, 15) is 0 Å². The predicted octanol–water partition coefficient (Wildman–Crippen LogP) is 7.65. The van der Waals surface area contributed by atoms with Crippen LogP contribution in [0, 0.1) is 0 Å². The lowest BCUT2D eigenvalue weighted by Crippen LogP contribution is -2.63. The molecule has 1 heterocycles. The fourth-order valence-electron chi connectivity index (χ4n) is 4.71. The molecule has 1 aliphatic rings. The fraction of sp³-hybridized carbons (Fsp3) is 0.394. The average Bonchev–Trinajstić information content (AvgIpc) is 2.96. The van der Waals surface area contributed by atoms with Crippen LogP contribution in [0.1, 0.15) is 57.4 Å². The molecule has 0 aromatic heterocycles. The van der Waals surface area contributed by atoms with Crippen molar-refractivity contribution in [1.29, 1.82) is 0 Å². The van der Waals surface area contributed by atoms with Crippen LogP contribution >= 0.6 is 11.6 Å². The van der Waals surface area contributed by atoms with E-state index >= 15 is 0 Å². The quantitative estimate of drug-likeness (QED) is 0.237. The van der Waals surface area contributed by atoms with Gasteiger partial charge in [-0.2, -0.15) is 0 Å². The van der Waals surface area contributed by atoms with E-state index in [4.69, 9.17) is 35.3 Å². The first-order valence-corrected chi connectivity index (χ1v) is 14.2. The fourth-order valence-corrected chi connectivity index (χ4v) is 4.90. The molecule has 1 aliphatic heterocycles. The SMILES string of the molecule is C/C=C/OC[C@H]1N[C@@H](c2ccc(Cl)c(Cc3ccc(OCC)cc3)c2)[C@H](O/C=C/C)[C@@H](O/C=C/C)[C@@H]1O/C=C/C. The molecule has 3 rings (SSSR count). The Labute approximate surface area is 244 Å². The van der Waals surface area contributed by atoms with Crippen LogP contribution in [0.15, 0.2) is 91.8 Å². The third kappa shape index (κ3) is 8.57. The summed E-state index contributed by atoms with van der Waals surface area (Å²) in [5.41, 5.74) is 3.21. The Morgan fingerprint density at radius 3 is 2.02 bits per heavy atom. The maximum atomic E-state index is 6.70. The Hall–Kier alpha value is -3.35. The first-order valence-electron chi connectivity index (χ1n) is 13.8. The number of piperidine rings is 1. The van der Waals surface area contributed by atoms with Gasteiger partial charge >= 0.3 is 0 Å². The molecule has 1 N–H and O–H groups in total. The molecule has 0 bridgehead atoms. The molecule has 1 saturated heterocycles. The normalized spacial score (nSPS) is 23.3. The molecule has 0 saturated carbocycles. The van der Waals surface area contributed by atoms with E-state index < -0.39 is 12.2 Å². The van der Waals surface area contributed by atoms with Gasteiger partial charge in [-0.25, -0.2) is 0 Å². The van der Waals surface area contributed by atoms with Gasteiger partial charge in [0.15, 0.2) is 18.3 Å². The predicted molar refractivity (Wildman–Crippen MR) is 161 cm³/mol. The highest BCUT2D eigenvalue weighted by Crippen LogP contribution is 2.35. The second-order valence-electron chi connectivity index (χ2n) is 9.37. The number of nitrogens with one attached hydrogen (secondary N) is 1. The van der Waals surface area contributed by atoms with Crippen molar-refractivity contribution in [1.82, 2.24) is 5.32 Å². The summed E-state index contributed by atoms with van der Waals surface area (Å²) >= 11 is 6.70. The summed E-state index contributed by atoms with van der Waals surface area (Å²) in [6.07, 6.45) is 13.7. The Morgan fingerprint density at radius 2 is 1.40 bits per heavy atom. The van der Waals surface area contributed by atoms with Gasteiger partial charge in [-0.05, 0) is 75.9 Å². The lowest BCUT2D eigenvalue weighted by Gasteiger charge is -2.45. The standard InChI is InChI=1S/C33H42ClNO5/c1-6-17-36-23-29-31(38-18-7-2)33(40-20-9-4)32(39-19-8-3)30(35-29)25-13-16-28(34)26(22-25)21-24-11-14-27(15-12-24)37-10-5/h6-9,11-20,22,29-33,35H,10,21,23H2,1-5H3/b17-6+,18-7+,19-8+,20-9+/t29-,30+,31-,32+,33+/m1/s1. The highest BCUT2D eigenvalue weighted by atomic mass is 35.5. The summed E-state index contributed by atoms with van der Waals surface area (Å²) in [4.78, 5) is 0. The highest BCUT2D eigenvalue weighted by Gasteiger charge is 2.49. The van der Waals surface area contributed by atoms with Gasteiger partial charge in [0.25, 0.3) is 0 Å². The second-order valence-corrected chi connectivity index (χ2v) is 9.78. The Bertz CT molecular complexity index is 1140. The van der Waals surface area contributed by atoms with Gasteiger partial charge in [-0.3, -0.25) is 5.32 Å². The zero-order chi connectivity index (χ0) is 28.7. The van der Waals surface area contributed by atoms with Crippen LogP contribution < -0.4 is 10.1 Å². The van der Waals surface area contributed by atoms with Gasteiger partial charge < -0.3 is 23.7 Å². The van der Waals surface area contributed by atoms with Crippen LogP contribution in [0.5, 0.6) is 5.75 Å². The third-order valence-corrected chi connectivity index (χ3v) is 6.82. The maximum Gasteiger partial charge on any atom is 0.174 e. The topological polar surface area (TPSA) is 58.2 Å². The summed E-state index contributed by atoms with van der Waals surface area (Å²) in [5.74, 6) is 0.856. The van der Waals surface area contributed by atoms with E-state index in [0.717, 1.165) is 22.4 Å². The summed E-state index contributed by atoms with van der Waals surface area (Å²) in [6, 6.07) is 13.8. The van der Waals surface area contributed by atoms with Crippen LogP contribution in [-0.2, 0) is 25.4 Å². The Balaban J connectivity index is 2.00. The number of benzene rings is 2. The van der Waals surface area contributed by atoms with Crippen LogP contribution in [0.25, 0.3) is 0 Å². The van der Waals surface area contributed by atoms with E-state index in [1.165, 1.54) is 0 Å². The minimum Gasteiger partial charge on any atom is -0.500 e. The van der Waals surface area contributed by atoms with Crippen LogP contribution in [0.4, 0.5) is 0 Å². The molecule has 0 radical (unpaired) electrons. The molecule has 0 unspecified atom stereocenters. The molecule has 40 heavy (non-hydrogen) atoms. The second kappa shape index (κ2) is 16.7. The lowest BCUT2D eigenvalue weighted by atomic mass is 9.85. The number of hydrogen-bond donors (Lipinski definition) is 1. The third-order valence-electron chi connectivity index (χ3n) is 6.45. The zero-order valence-electron chi connectivity index (χ0n) is 24.1. The summed E-state index contributed by atoms with van der Waals surface area (Å²) in [6.45, 7) is 10.7. The van der Waals surface area contributed by atoms with Gasteiger partial charge in [0.2, 0.25) is 0 Å². The smallest absolute Gasteiger partial charge is 0.174 e. The molecule has 216 valence electrons. The van der Waals surface area contributed by atoms with E-state index in [2.05, 4.69) is 23.5 Å². The minimum atomic E-state index is -0.431. The number of halogens is 1. The van der Waals surface area contributed by atoms with Crippen molar-refractivity contribution in [3.8, 4) is 5.75 Å². The van der Waals surface area contributed by atoms with Crippen LogP contribution in [-0.4, -0.2) is 37.6 Å². The highest BCUT2D eigenvalue weighted by molar-refractivity contribution is 6.31. The maximum absolute atomic E-state index is 6.70. The average molecular weight is 568 g/mol.